The Hall–Kier alpha value is -1.71. The zero-order chi connectivity index (χ0) is 11.8. The maximum Gasteiger partial charge on any atom is 0.313 e. The molecular weight excluding hydrogens is 208 g/mol. The molecule has 1 aliphatic heterocycles. The molecule has 0 aliphatic carbocycles. The van der Waals surface area contributed by atoms with Crippen LogP contribution in [0, 0.1) is 5.41 Å². The quantitative estimate of drug-likeness (QED) is 0.827. The molecule has 1 N–H and O–H groups in total. The van der Waals surface area contributed by atoms with Crippen LogP contribution >= 0.6 is 0 Å². The van der Waals surface area contributed by atoms with Crippen LogP contribution in [0.15, 0.2) is 18.2 Å². The first-order valence-electron chi connectivity index (χ1n) is 5.09. The van der Waals surface area contributed by atoms with E-state index in [1.807, 2.05) is 18.2 Å². The van der Waals surface area contributed by atoms with E-state index < -0.39 is 11.4 Å². The van der Waals surface area contributed by atoms with Gasteiger partial charge in [-0.2, -0.15) is 0 Å². The zero-order valence-corrected chi connectivity index (χ0v) is 9.32. The van der Waals surface area contributed by atoms with Gasteiger partial charge in [0.2, 0.25) is 0 Å². The van der Waals surface area contributed by atoms with E-state index in [-0.39, 0.29) is 6.61 Å². The number of carbonyl (C=O) groups is 1. The van der Waals surface area contributed by atoms with Crippen molar-refractivity contribution < 1.29 is 19.4 Å². The van der Waals surface area contributed by atoms with Crippen molar-refractivity contribution in [1.29, 1.82) is 0 Å². The molecule has 0 fully saturated rings. The van der Waals surface area contributed by atoms with Crippen LogP contribution in [0.2, 0.25) is 0 Å². The average Bonchev–Trinajstić information content (AvgIpc) is 2.28. The lowest BCUT2D eigenvalue weighted by atomic mass is 9.82. The molecule has 0 radical (unpaired) electrons. The fraction of sp³-hybridized carbons (Fsp3) is 0.417. The minimum Gasteiger partial charge on any atom is -0.496 e. The van der Waals surface area contributed by atoms with Gasteiger partial charge in [-0.15, -0.1) is 0 Å². The average molecular weight is 222 g/mol. The normalized spacial score (nSPS) is 23.1. The molecule has 1 heterocycles. The summed E-state index contributed by atoms with van der Waals surface area (Å²) in [6.45, 7) is 1.88. The third-order valence-corrected chi connectivity index (χ3v) is 2.94. The number of carboxylic acid groups (broad SMARTS) is 1. The van der Waals surface area contributed by atoms with Crippen molar-refractivity contribution in [3.63, 3.8) is 0 Å². The number of hydrogen-bond acceptors (Lipinski definition) is 3. The van der Waals surface area contributed by atoms with Crippen LogP contribution in [0.1, 0.15) is 12.5 Å². The van der Waals surface area contributed by atoms with E-state index in [9.17, 15) is 4.79 Å². The van der Waals surface area contributed by atoms with Crippen molar-refractivity contribution in [3.8, 4) is 11.5 Å². The number of hydrogen-bond donors (Lipinski definition) is 1. The van der Waals surface area contributed by atoms with Gasteiger partial charge in [-0.3, -0.25) is 4.79 Å². The molecule has 1 aliphatic rings. The molecule has 0 amide bonds. The number of aliphatic carboxylic acids is 1. The molecule has 1 unspecified atom stereocenters. The van der Waals surface area contributed by atoms with E-state index in [0.717, 1.165) is 11.3 Å². The summed E-state index contributed by atoms with van der Waals surface area (Å²) in [5.74, 6) is 0.562. The second-order valence-electron chi connectivity index (χ2n) is 4.27. The van der Waals surface area contributed by atoms with E-state index in [1.165, 1.54) is 0 Å². The monoisotopic (exact) mass is 222 g/mol. The molecule has 16 heavy (non-hydrogen) atoms. The summed E-state index contributed by atoms with van der Waals surface area (Å²) >= 11 is 0. The number of benzene rings is 1. The highest BCUT2D eigenvalue weighted by Crippen LogP contribution is 2.39. The third-order valence-electron chi connectivity index (χ3n) is 2.94. The molecule has 4 heteroatoms. The number of methoxy groups -OCH3 is 1. The summed E-state index contributed by atoms with van der Waals surface area (Å²) in [7, 11) is 1.57. The summed E-state index contributed by atoms with van der Waals surface area (Å²) in [5, 5.41) is 9.17. The Bertz CT molecular complexity index is 413. The maximum absolute atomic E-state index is 11.2. The molecular formula is C12H14O4. The van der Waals surface area contributed by atoms with Gasteiger partial charge in [0.25, 0.3) is 0 Å². The minimum atomic E-state index is -0.873. The third kappa shape index (κ3) is 1.60. The molecule has 1 aromatic carbocycles. The topological polar surface area (TPSA) is 55.8 Å². The van der Waals surface area contributed by atoms with Gasteiger partial charge in [0, 0.05) is 5.56 Å². The van der Waals surface area contributed by atoms with Gasteiger partial charge in [0.1, 0.15) is 23.5 Å². The Labute approximate surface area is 93.8 Å². The lowest BCUT2D eigenvalue weighted by Crippen LogP contribution is -2.39. The highest BCUT2D eigenvalue weighted by Gasteiger charge is 2.39. The van der Waals surface area contributed by atoms with Gasteiger partial charge in [0.05, 0.1) is 7.11 Å². The molecule has 0 saturated heterocycles. The Morgan fingerprint density at radius 1 is 1.56 bits per heavy atom. The largest absolute Gasteiger partial charge is 0.496 e. The van der Waals surface area contributed by atoms with Gasteiger partial charge in [-0.05, 0) is 25.5 Å². The van der Waals surface area contributed by atoms with E-state index in [4.69, 9.17) is 14.6 Å². The van der Waals surface area contributed by atoms with Gasteiger partial charge in [-0.1, -0.05) is 6.07 Å². The van der Waals surface area contributed by atoms with Crippen molar-refractivity contribution in [2.75, 3.05) is 13.7 Å². The van der Waals surface area contributed by atoms with Crippen LogP contribution in [0.5, 0.6) is 11.5 Å². The molecule has 0 saturated carbocycles. The Kier molecular flexibility index (Phi) is 2.50. The van der Waals surface area contributed by atoms with Crippen LogP contribution in [0.25, 0.3) is 0 Å². The van der Waals surface area contributed by atoms with Crippen molar-refractivity contribution in [3.05, 3.63) is 23.8 Å². The molecule has 2 rings (SSSR count). The second kappa shape index (κ2) is 3.70. The van der Waals surface area contributed by atoms with Gasteiger partial charge in [-0.25, -0.2) is 0 Å². The van der Waals surface area contributed by atoms with E-state index in [0.29, 0.717) is 12.2 Å². The molecule has 86 valence electrons. The van der Waals surface area contributed by atoms with Crippen LogP contribution in [-0.4, -0.2) is 24.8 Å². The number of carboxylic acids is 1. The highest BCUT2D eigenvalue weighted by molar-refractivity contribution is 5.75. The zero-order valence-electron chi connectivity index (χ0n) is 9.32. The second-order valence-corrected chi connectivity index (χ2v) is 4.27. The van der Waals surface area contributed by atoms with Crippen molar-refractivity contribution >= 4 is 5.97 Å². The maximum atomic E-state index is 11.2. The smallest absolute Gasteiger partial charge is 0.313 e. The van der Waals surface area contributed by atoms with Gasteiger partial charge in [0.15, 0.2) is 0 Å². The molecule has 0 aromatic heterocycles. The Morgan fingerprint density at radius 2 is 2.31 bits per heavy atom. The van der Waals surface area contributed by atoms with E-state index in [2.05, 4.69) is 0 Å². The predicted octanol–water partition coefficient (Wildman–Crippen LogP) is 1.72. The summed E-state index contributed by atoms with van der Waals surface area (Å²) in [6.07, 6.45) is 0.432. The lowest BCUT2D eigenvalue weighted by Gasteiger charge is -2.31. The van der Waals surface area contributed by atoms with Gasteiger partial charge >= 0.3 is 5.97 Å². The standard InChI is InChI=1S/C12H14O4/c1-12(11(13)14)6-8-9(15-2)4-3-5-10(8)16-7-12/h3-5H,6-7H2,1-2H3,(H,13,14). The first-order valence-corrected chi connectivity index (χ1v) is 5.09. The Balaban J connectivity index is 2.42. The summed E-state index contributed by atoms with van der Waals surface area (Å²) in [5.41, 5.74) is -0.0390. The number of fused-ring (bicyclic) bond motifs is 1. The van der Waals surface area contributed by atoms with E-state index >= 15 is 0 Å². The Morgan fingerprint density at radius 3 is 2.94 bits per heavy atom. The minimum absolute atomic E-state index is 0.197. The molecule has 4 nitrogen and oxygen atoms in total. The molecule has 1 atom stereocenters. The summed E-state index contributed by atoms with van der Waals surface area (Å²) in [4.78, 5) is 11.2. The SMILES string of the molecule is COc1cccc2c1CC(C)(C(=O)O)CO2. The number of rotatable bonds is 2. The molecule has 1 aromatic rings. The van der Waals surface area contributed by atoms with Gasteiger partial charge < -0.3 is 14.6 Å². The van der Waals surface area contributed by atoms with Crippen molar-refractivity contribution in [2.24, 2.45) is 5.41 Å². The molecule has 0 bridgehead atoms. The number of ether oxygens (including phenoxy) is 2. The fourth-order valence-electron chi connectivity index (χ4n) is 1.86. The first-order chi connectivity index (χ1) is 7.57. The van der Waals surface area contributed by atoms with Crippen LogP contribution < -0.4 is 9.47 Å². The fourth-order valence-corrected chi connectivity index (χ4v) is 1.86. The van der Waals surface area contributed by atoms with Crippen molar-refractivity contribution in [2.45, 2.75) is 13.3 Å². The highest BCUT2D eigenvalue weighted by atomic mass is 16.5. The lowest BCUT2D eigenvalue weighted by molar-refractivity contribution is -0.150. The van der Waals surface area contributed by atoms with Crippen LogP contribution in [0.3, 0.4) is 0 Å². The van der Waals surface area contributed by atoms with Crippen LogP contribution in [0.4, 0.5) is 0 Å². The first kappa shape index (κ1) is 10.8. The summed E-state index contributed by atoms with van der Waals surface area (Å²) < 4.78 is 10.7. The molecule has 0 spiro atoms. The van der Waals surface area contributed by atoms with Crippen LogP contribution in [-0.2, 0) is 11.2 Å². The predicted molar refractivity (Wildman–Crippen MR) is 57.9 cm³/mol. The summed E-state index contributed by atoms with van der Waals surface area (Å²) in [6, 6.07) is 5.48. The van der Waals surface area contributed by atoms with E-state index in [1.54, 1.807) is 14.0 Å². The van der Waals surface area contributed by atoms with Crippen molar-refractivity contribution in [1.82, 2.24) is 0 Å².